The van der Waals surface area contributed by atoms with Crippen molar-refractivity contribution in [1.82, 2.24) is 0 Å². The van der Waals surface area contributed by atoms with E-state index < -0.39 is 0 Å². The molecule has 0 saturated heterocycles. The lowest BCUT2D eigenvalue weighted by atomic mass is 10.00. The average Bonchev–Trinajstić information content (AvgIpc) is 3.12. The average molecular weight is 685 g/mol. The van der Waals surface area contributed by atoms with Crippen LogP contribution < -0.4 is 18.9 Å². The van der Waals surface area contributed by atoms with E-state index in [0.29, 0.717) is 36.2 Å². The number of benzene rings is 2. The van der Waals surface area contributed by atoms with Gasteiger partial charge in [-0.15, -0.1) is 0 Å². The first-order chi connectivity index (χ1) is 24.1. The molecule has 0 aliphatic heterocycles. The van der Waals surface area contributed by atoms with Crippen LogP contribution in [-0.4, -0.2) is 39.0 Å². The van der Waals surface area contributed by atoms with E-state index in [2.05, 4.69) is 0 Å². The number of ketones is 2. The lowest BCUT2D eigenvalue weighted by molar-refractivity contribution is -0.118. The van der Waals surface area contributed by atoms with Crippen molar-refractivity contribution < 1.29 is 28.5 Å². The summed E-state index contributed by atoms with van der Waals surface area (Å²) in [5.74, 6) is 1.70. The van der Waals surface area contributed by atoms with Gasteiger partial charge >= 0.3 is 0 Å². The zero-order valence-corrected chi connectivity index (χ0v) is 31.0. The highest BCUT2D eigenvalue weighted by Crippen LogP contribution is 2.31. The van der Waals surface area contributed by atoms with Gasteiger partial charge in [-0.25, -0.2) is 0 Å². The Morgan fingerprint density at radius 1 is 0.560 bits per heavy atom. The fourth-order valence-corrected chi connectivity index (χ4v) is 5.39. The minimum Gasteiger partial charge on any atom is -0.493 e. The van der Waals surface area contributed by atoms with E-state index >= 15 is 0 Å². The van der Waals surface area contributed by atoms with Crippen molar-refractivity contribution in [3.05, 3.63) is 58.7 Å². The predicted octanol–water partition coefficient (Wildman–Crippen LogP) is 10.1. The molecule has 2 aromatic rings. The topological polar surface area (TPSA) is 119 Å². The van der Waals surface area contributed by atoms with Crippen LogP contribution in [0.4, 0.5) is 0 Å². The number of rotatable bonds is 25. The summed E-state index contributed by atoms with van der Waals surface area (Å²) in [6.07, 6.45) is 17.4. The number of hydrogen-bond donors (Lipinski definition) is 0. The quantitative estimate of drug-likeness (QED) is 0.0576. The largest absolute Gasteiger partial charge is 0.493 e. The molecule has 0 saturated carbocycles. The molecule has 0 bridgehead atoms. The van der Waals surface area contributed by atoms with Crippen molar-refractivity contribution in [3.63, 3.8) is 0 Å². The maximum Gasteiger partial charge on any atom is 0.175 e. The van der Waals surface area contributed by atoms with E-state index in [0.717, 1.165) is 36.8 Å². The minimum atomic E-state index is -0.232. The Kier molecular flexibility index (Phi) is 19.8. The lowest BCUT2D eigenvalue weighted by Gasteiger charge is -2.12. The number of carbonyl (C=O) groups is 2. The molecule has 0 radical (unpaired) electrons. The van der Waals surface area contributed by atoms with Gasteiger partial charge in [0, 0.05) is 11.8 Å². The fourth-order valence-electron chi connectivity index (χ4n) is 5.39. The first-order valence-electron chi connectivity index (χ1n) is 18.1. The summed E-state index contributed by atoms with van der Waals surface area (Å²) < 4.78 is 22.9. The van der Waals surface area contributed by atoms with Gasteiger partial charge in [-0.3, -0.25) is 9.59 Å². The number of carbonyl (C=O) groups excluding carboxylic acids is 2. The normalized spacial score (nSPS) is 11.6. The third kappa shape index (κ3) is 14.9. The highest BCUT2D eigenvalue weighted by Gasteiger charge is 2.15. The molecule has 0 N–H and O–H groups in total. The third-order valence-corrected chi connectivity index (χ3v) is 8.37. The molecule has 8 heteroatoms. The highest BCUT2D eigenvalue weighted by atomic mass is 16.5. The molecule has 0 aromatic heterocycles. The lowest BCUT2D eigenvalue weighted by Crippen LogP contribution is -2.08. The Morgan fingerprint density at radius 2 is 0.880 bits per heavy atom. The Labute approximate surface area is 300 Å². The van der Waals surface area contributed by atoms with Crippen molar-refractivity contribution in [1.29, 1.82) is 10.5 Å². The van der Waals surface area contributed by atoms with Gasteiger partial charge in [0.15, 0.2) is 34.6 Å². The molecule has 50 heavy (non-hydrogen) atoms. The first-order valence-corrected chi connectivity index (χ1v) is 18.1. The zero-order valence-electron chi connectivity index (χ0n) is 31.0. The maximum atomic E-state index is 12.2. The van der Waals surface area contributed by atoms with Crippen LogP contribution in [0.25, 0.3) is 12.2 Å². The molecule has 2 aromatic carbocycles. The Hall–Kier alpha value is -4.56. The van der Waals surface area contributed by atoms with Crippen LogP contribution >= 0.6 is 0 Å². The summed E-state index contributed by atoms with van der Waals surface area (Å²) >= 11 is 0. The predicted molar refractivity (Wildman–Crippen MR) is 199 cm³/mol. The van der Waals surface area contributed by atoms with Gasteiger partial charge in [-0.2, -0.15) is 10.5 Å². The van der Waals surface area contributed by atoms with Crippen molar-refractivity contribution >= 4 is 23.7 Å². The SMILES string of the molecule is COc1cc(C=C(C#N)C(=O)C(C)C)ccc1OCCCCCCCCCCCCCCOc1ccc(C=C(C#N)C(=O)C(C)C)cc1OC. The molecular weight excluding hydrogens is 628 g/mol. The van der Waals surface area contributed by atoms with Crippen LogP contribution in [0, 0.1) is 34.5 Å². The Balaban J connectivity index is 1.53. The molecule has 0 heterocycles. The molecule has 8 nitrogen and oxygen atoms in total. The van der Waals surface area contributed by atoms with Crippen molar-refractivity contribution in [2.45, 2.75) is 105 Å². The molecule has 0 aliphatic rings. The second kappa shape index (κ2) is 23.7. The maximum absolute atomic E-state index is 12.2. The molecular formula is C42H56N2O6. The van der Waals surface area contributed by atoms with E-state index in [1.807, 2.05) is 36.4 Å². The van der Waals surface area contributed by atoms with Gasteiger partial charge in [0.25, 0.3) is 0 Å². The molecule has 270 valence electrons. The minimum absolute atomic E-state index is 0.139. The number of unbranched alkanes of at least 4 members (excludes halogenated alkanes) is 11. The number of ether oxygens (including phenoxy) is 4. The van der Waals surface area contributed by atoms with E-state index in [-0.39, 0.29) is 34.5 Å². The van der Waals surface area contributed by atoms with Crippen molar-refractivity contribution in [3.8, 4) is 35.1 Å². The number of Topliss-reactive ketones (excluding diaryl/α,β-unsaturated/α-hetero) is 2. The van der Waals surface area contributed by atoms with Gasteiger partial charge < -0.3 is 18.9 Å². The van der Waals surface area contributed by atoms with Crippen molar-refractivity contribution in [2.75, 3.05) is 27.4 Å². The monoisotopic (exact) mass is 684 g/mol. The first kappa shape index (κ1) is 41.6. The second-order valence-electron chi connectivity index (χ2n) is 13.1. The second-order valence-corrected chi connectivity index (χ2v) is 13.1. The molecule has 0 unspecified atom stereocenters. The molecule has 0 aliphatic carbocycles. The van der Waals surface area contributed by atoms with Gasteiger partial charge in [-0.1, -0.05) is 104 Å². The fraction of sp³-hybridized carbons (Fsp3) is 0.524. The molecule has 0 atom stereocenters. The van der Waals surface area contributed by atoms with Crippen LogP contribution in [-0.2, 0) is 9.59 Å². The van der Waals surface area contributed by atoms with Crippen LogP contribution in [0.15, 0.2) is 47.5 Å². The summed E-state index contributed by atoms with van der Waals surface area (Å²) in [4.78, 5) is 24.4. The molecule has 0 fully saturated rings. The number of hydrogen-bond acceptors (Lipinski definition) is 8. The smallest absolute Gasteiger partial charge is 0.175 e. The van der Waals surface area contributed by atoms with Gasteiger partial charge in [0.2, 0.25) is 0 Å². The highest BCUT2D eigenvalue weighted by molar-refractivity contribution is 6.04. The molecule has 2 rings (SSSR count). The molecule has 0 spiro atoms. The summed E-state index contributed by atoms with van der Waals surface area (Å²) in [5.41, 5.74) is 1.74. The van der Waals surface area contributed by atoms with Crippen LogP contribution in [0.1, 0.15) is 116 Å². The van der Waals surface area contributed by atoms with Crippen molar-refractivity contribution in [2.24, 2.45) is 11.8 Å². The number of methoxy groups -OCH3 is 2. The number of nitriles is 2. The van der Waals surface area contributed by atoms with Crippen LogP contribution in [0.2, 0.25) is 0 Å². The Bertz CT molecular complexity index is 1400. The third-order valence-electron chi connectivity index (χ3n) is 8.37. The number of allylic oxidation sites excluding steroid dienone is 2. The van der Waals surface area contributed by atoms with Gasteiger partial charge in [0.05, 0.1) is 38.6 Å². The summed E-state index contributed by atoms with van der Waals surface area (Å²) in [6.45, 7) is 8.37. The Morgan fingerprint density at radius 3 is 1.16 bits per heavy atom. The standard InChI is InChI=1S/C42H56N2O6/c1-31(2)41(45)35(29-43)25-33-19-21-37(39(27-33)47-5)49-23-17-15-13-11-9-7-8-10-12-14-16-18-24-50-38-22-20-34(28-40(38)48-6)26-36(30-44)42(46)32(3)4/h19-22,25-28,31-32H,7-18,23-24H2,1-6H3. The van der Waals surface area contributed by atoms with E-state index in [4.69, 9.17) is 18.9 Å². The van der Waals surface area contributed by atoms with E-state index in [9.17, 15) is 20.1 Å². The van der Waals surface area contributed by atoms with Crippen LogP contribution in [0.3, 0.4) is 0 Å². The summed E-state index contributed by atoms with van der Waals surface area (Å²) in [6, 6.07) is 14.9. The summed E-state index contributed by atoms with van der Waals surface area (Å²) in [5, 5.41) is 18.7. The molecule has 0 amide bonds. The van der Waals surface area contributed by atoms with Gasteiger partial charge in [-0.05, 0) is 60.4 Å². The van der Waals surface area contributed by atoms with Gasteiger partial charge in [0.1, 0.15) is 12.1 Å². The van der Waals surface area contributed by atoms with E-state index in [1.54, 1.807) is 66.2 Å². The summed E-state index contributed by atoms with van der Waals surface area (Å²) in [7, 11) is 3.18. The van der Waals surface area contributed by atoms with Crippen LogP contribution in [0.5, 0.6) is 23.0 Å². The zero-order chi connectivity index (χ0) is 36.7. The van der Waals surface area contributed by atoms with E-state index in [1.165, 1.54) is 51.4 Å². The number of nitrogens with zero attached hydrogens (tertiary/aromatic N) is 2.